The van der Waals surface area contributed by atoms with Crippen LogP contribution in [0.5, 0.6) is 5.75 Å². The van der Waals surface area contributed by atoms with Crippen molar-refractivity contribution in [2.75, 3.05) is 12.4 Å². The molecule has 2 aromatic rings. The van der Waals surface area contributed by atoms with Crippen LogP contribution in [0, 0.1) is 0 Å². The van der Waals surface area contributed by atoms with E-state index in [1.54, 1.807) is 24.3 Å². The summed E-state index contributed by atoms with van der Waals surface area (Å²) in [4.78, 5) is 15.4. The van der Waals surface area contributed by atoms with Crippen molar-refractivity contribution in [2.45, 2.75) is 50.4 Å². The molecule has 2 N–H and O–H groups in total. The molecule has 0 saturated heterocycles. The van der Waals surface area contributed by atoms with Crippen LogP contribution in [0.3, 0.4) is 0 Å². The molecule has 184 valence electrons. The molecular weight excluding hydrogens is 485 g/mol. The molecule has 5 nitrogen and oxygen atoms in total. The zero-order valence-corrected chi connectivity index (χ0v) is 19.7. The van der Waals surface area contributed by atoms with Gasteiger partial charge in [-0.3, -0.25) is 4.79 Å². The van der Waals surface area contributed by atoms with Gasteiger partial charge >= 0.3 is 6.18 Å². The van der Waals surface area contributed by atoms with Gasteiger partial charge in [-0.25, -0.2) is 13.8 Å². The quantitative estimate of drug-likeness (QED) is 0.508. The number of hydrogen-bond acceptors (Lipinski definition) is 4. The van der Waals surface area contributed by atoms with E-state index in [0.717, 1.165) is 12.1 Å². The largest absolute Gasteiger partial charge is 0.497 e. The summed E-state index contributed by atoms with van der Waals surface area (Å²) < 4.78 is 69.8. The summed E-state index contributed by atoms with van der Waals surface area (Å²) in [6.07, 6.45) is -5.56. The van der Waals surface area contributed by atoms with Crippen molar-refractivity contribution in [1.29, 1.82) is 0 Å². The Morgan fingerprint density at radius 2 is 1.61 bits per heavy atom. The highest BCUT2D eigenvalue weighted by Gasteiger charge is 2.34. The van der Waals surface area contributed by atoms with E-state index < -0.39 is 24.0 Å². The maximum Gasteiger partial charge on any atom is 0.433 e. The fraction of sp³-hybridized carbons (Fsp3) is 0.429. The van der Waals surface area contributed by atoms with E-state index in [2.05, 4.69) is 15.6 Å². The van der Waals surface area contributed by atoms with Gasteiger partial charge in [0.1, 0.15) is 17.1 Å². The number of carbonyl (C=O) groups is 1. The zero-order valence-electron chi connectivity index (χ0n) is 17.7. The minimum Gasteiger partial charge on any atom is -0.497 e. The van der Waals surface area contributed by atoms with Crippen LogP contribution >= 0.6 is 27.0 Å². The van der Waals surface area contributed by atoms with Crippen LogP contribution in [0.4, 0.5) is 27.6 Å². The maximum absolute atomic E-state index is 13.0. The molecule has 0 atom stereocenters. The molecular formula is C21H26F5N3O2S2. The van der Waals surface area contributed by atoms with Gasteiger partial charge in [0.15, 0.2) is 0 Å². The van der Waals surface area contributed by atoms with E-state index >= 15 is 0 Å². The Balaban J connectivity index is 0.00000272. The molecule has 0 radical (unpaired) electrons. The van der Waals surface area contributed by atoms with Crippen molar-refractivity contribution in [3.8, 4) is 5.75 Å². The number of halogens is 5. The number of hydrogen-bond donors (Lipinski definition) is 2. The summed E-state index contributed by atoms with van der Waals surface area (Å²) in [6, 6.07) is 8.10. The molecule has 1 aromatic carbocycles. The lowest BCUT2D eigenvalue weighted by Crippen LogP contribution is -2.40. The Morgan fingerprint density at radius 3 is 2.12 bits per heavy atom. The second kappa shape index (κ2) is 12.3. The first kappa shape index (κ1) is 28.8. The highest BCUT2D eigenvalue weighted by atomic mass is 32.1. The van der Waals surface area contributed by atoms with Crippen LogP contribution < -0.4 is 15.4 Å². The molecule has 3 rings (SSSR count). The lowest BCUT2D eigenvalue weighted by molar-refractivity contribution is -0.141. The lowest BCUT2D eigenvalue weighted by Gasteiger charge is -2.30. The van der Waals surface area contributed by atoms with Crippen molar-refractivity contribution in [2.24, 2.45) is 0 Å². The van der Waals surface area contributed by atoms with Crippen molar-refractivity contribution < 1.29 is 31.5 Å². The van der Waals surface area contributed by atoms with Gasteiger partial charge in [0.25, 0.3) is 12.3 Å². The van der Waals surface area contributed by atoms with Gasteiger partial charge in [0.2, 0.25) is 0 Å². The smallest absolute Gasteiger partial charge is 0.433 e. The SMILES string of the molecule is COc1ccc(C(=O)NC2CCC(Nc3cc(C(F)F)nc(C(F)(F)F)c3)CC2)cc1.S.S. The van der Waals surface area contributed by atoms with Crippen LogP contribution in [-0.4, -0.2) is 30.1 Å². The topological polar surface area (TPSA) is 63.2 Å². The predicted molar refractivity (Wildman–Crippen MR) is 125 cm³/mol. The second-order valence-corrected chi connectivity index (χ2v) is 7.36. The first-order valence-electron chi connectivity index (χ1n) is 9.74. The Morgan fingerprint density at radius 1 is 1.03 bits per heavy atom. The molecule has 1 aromatic heterocycles. The minimum atomic E-state index is -4.81. The first-order valence-corrected chi connectivity index (χ1v) is 9.74. The summed E-state index contributed by atoms with van der Waals surface area (Å²) in [5.41, 5.74) is -1.81. The fourth-order valence-electron chi connectivity index (χ4n) is 3.52. The third-order valence-electron chi connectivity index (χ3n) is 5.14. The first-order chi connectivity index (χ1) is 14.7. The summed E-state index contributed by atoms with van der Waals surface area (Å²) in [6.45, 7) is 0. The number of alkyl halides is 5. The number of pyridine rings is 1. The van der Waals surface area contributed by atoms with Gasteiger partial charge in [0, 0.05) is 23.3 Å². The van der Waals surface area contributed by atoms with Crippen LogP contribution in [-0.2, 0) is 6.18 Å². The summed E-state index contributed by atoms with van der Waals surface area (Å²) in [5, 5.41) is 5.85. The van der Waals surface area contributed by atoms with E-state index in [1.807, 2.05) is 0 Å². The highest BCUT2D eigenvalue weighted by Crippen LogP contribution is 2.33. The Labute approximate surface area is 202 Å². The lowest BCUT2D eigenvalue weighted by atomic mass is 9.90. The van der Waals surface area contributed by atoms with E-state index in [-0.39, 0.29) is 50.7 Å². The number of benzene rings is 1. The molecule has 1 fully saturated rings. The van der Waals surface area contributed by atoms with Gasteiger partial charge in [0.05, 0.1) is 7.11 Å². The van der Waals surface area contributed by atoms with E-state index in [4.69, 9.17) is 4.74 Å². The molecule has 0 spiro atoms. The molecule has 1 amide bonds. The number of carbonyl (C=O) groups excluding carboxylic acids is 1. The zero-order chi connectivity index (χ0) is 22.6. The summed E-state index contributed by atoms with van der Waals surface area (Å²) in [7, 11) is 1.53. The molecule has 1 aliphatic rings. The van der Waals surface area contributed by atoms with E-state index in [0.29, 0.717) is 37.0 Å². The maximum atomic E-state index is 13.0. The fourth-order valence-corrected chi connectivity index (χ4v) is 3.52. The number of methoxy groups -OCH3 is 1. The third kappa shape index (κ3) is 7.95. The van der Waals surface area contributed by atoms with Gasteiger partial charge in [-0.1, -0.05) is 0 Å². The number of amides is 1. The van der Waals surface area contributed by atoms with Crippen molar-refractivity contribution >= 4 is 38.6 Å². The standard InChI is InChI=1S/C21H22F5N3O2.2H2S/c1-31-16-8-2-12(3-9-16)20(30)28-14-6-4-13(5-7-14)27-15-10-17(19(22)23)29-18(11-15)21(24,25)26;;/h2-3,8-11,13-14,19H,4-7H2,1H3,(H,27,29)(H,28,30);2*1H2. The molecule has 1 heterocycles. The molecule has 12 heteroatoms. The van der Waals surface area contributed by atoms with Crippen molar-refractivity contribution in [3.63, 3.8) is 0 Å². The Kier molecular flexibility index (Phi) is 10.8. The molecule has 0 unspecified atom stereocenters. The van der Waals surface area contributed by atoms with Gasteiger partial charge in [-0.2, -0.15) is 40.2 Å². The van der Waals surface area contributed by atoms with Crippen LogP contribution in [0.2, 0.25) is 0 Å². The second-order valence-electron chi connectivity index (χ2n) is 7.36. The Bertz CT molecular complexity index is 906. The van der Waals surface area contributed by atoms with Crippen molar-refractivity contribution in [1.82, 2.24) is 10.3 Å². The molecule has 0 aliphatic heterocycles. The molecule has 1 aliphatic carbocycles. The van der Waals surface area contributed by atoms with Crippen molar-refractivity contribution in [3.05, 3.63) is 53.3 Å². The average molecular weight is 512 g/mol. The number of rotatable bonds is 6. The van der Waals surface area contributed by atoms with E-state index in [9.17, 15) is 26.7 Å². The monoisotopic (exact) mass is 511 g/mol. The van der Waals surface area contributed by atoms with Crippen LogP contribution in [0.25, 0.3) is 0 Å². The predicted octanol–water partition coefficient (Wildman–Crippen LogP) is 5.43. The van der Waals surface area contributed by atoms with Gasteiger partial charge in [-0.05, 0) is 62.1 Å². The third-order valence-corrected chi connectivity index (χ3v) is 5.14. The van der Waals surface area contributed by atoms with E-state index in [1.165, 1.54) is 7.11 Å². The highest BCUT2D eigenvalue weighted by molar-refractivity contribution is 7.59. The number of aromatic nitrogens is 1. The number of nitrogens with one attached hydrogen (secondary N) is 2. The molecule has 1 saturated carbocycles. The van der Waals surface area contributed by atoms with Gasteiger partial charge < -0.3 is 15.4 Å². The molecule has 33 heavy (non-hydrogen) atoms. The number of anilines is 1. The molecule has 0 bridgehead atoms. The Hall–Kier alpha value is -2.21. The van der Waals surface area contributed by atoms with Gasteiger partial charge in [-0.15, -0.1) is 0 Å². The average Bonchev–Trinajstić information content (AvgIpc) is 2.74. The van der Waals surface area contributed by atoms with Crippen LogP contribution in [0.15, 0.2) is 36.4 Å². The van der Waals surface area contributed by atoms with Crippen LogP contribution in [0.1, 0.15) is 53.9 Å². The summed E-state index contributed by atoms with van der Waals surface area (Å²) >= 11 is 0. The number of nitrogens with zero attached hydrogens (tertiary/aromatic N) is 1. The minimum absolute atomic E-state index is 0. The number of ether oxygens (including phenoxy) is 1. The summed E-state index contributed by atoms with van der Waals surface area (Å²) in [5.74, 6) is 0.424. The normalized spacial score (nSPS) is 18.0.